The molecular weight excluding hydrogens is 1820 g/mol. The van der Waals surface area contributed by atoms with Crippen molar-refractivity contribution in [2.45, 2.75) is 70.5 Å². The van der Waals surface area contributed by atoms with Gasteiger partial charge in [-0.25, -0.2) is 47.5 Å². The van der Waals surface area contributed by atoms with E-state index in [1.165, 1.54) is 77.0 Å². The maximum atomic E-state index is 13.5. The third kappa shape index (κ3) is 31.2. The fourth-order valence-electron chi connectivity index (χ4n) is 10.9. The lowest BCUT2D eigenvalue weighted by atomic mass is 9.83. The number of hydrogen-bond donors (Lipinski definition) is 1. The van der Waals surface area contributed by atoms with E-state index in [-0.39, 0.29) is 95.0 Å². The molecule has 0 aliphatic heterocycles. The van der Waals surface area contributed by atoms with Gasteiger partial charge in [0.1, 0.15) is 69.9 Å². The van der Waals surface area contributed by atoms with Crippen LogP contribution in [0.4, 0.5) is 17.6 Å². The first-order chi connectivity index (χ1) is 57.4. The molecule has 17 nitrogen and oxygen atoms in total. The average Bonchev–Trinajstić information content (AvgIpc) is 0.796. The Kier molecular flexibility index (Phi) is 39.6. The summed E-state index contributed by atoms with van der Waals surface area (Å²) in [6, 6.07) is 56.6. The summed E-state index contributed by atoms with van der Waals surface area (Å²) in [5.74, 6) is -4.09. The van der Waals surface area contributed by atoms with Crippen LogP contribution in [-0.4, -0.2) is 107 Å². The van der Waals surface area contributed by atoms with E-state index in [1.54, 1.807) is 105 Å². The highest BCUT2D eigenvalue weighted by Gasteiger charge is 2.38. The molecule has 0 bridgehead atoms. The van der Waals surface area contributed by atoms with Crippen molar-refractivity contribution in [3.8, 4) is 45.0 Å². The summed E-state index contributed by atoms with van der Waals surface area (Å²) in [5.41, 5.74) is 9.08. The van der Waals surface area contributed by atoms with Gasteiger partial charge in [0.2, 0.25) is 0 Å². The lowest BCUT2D eigenvalue weighted by molar-refractivity contribution is -0.150. The van der Waals surface area contributed by atoms with Gasteiger partial charge < -0.3 is 33.5 Å². The topological polar surface area (TPSA) is 221 Å². The van der Waals surface area contributed by atoms with Crippen LogP contribution in [0.3, 0.4) is 0 Å². The normalized spacial score (nSPS) is 11.9. The number of methoxy groups -OCH3 is 4. The predicted molar refractivity (Wildman–Crippen MR) is 470 cm³/mol. The Morgan fingerprint density at radius 2 is 0.719 bits per heavy atom. The standard InChI is InChI=1S/C23H20Cl2FNO3.C22H20Cl2FNO2.C15H12Cl2FNO2.C14H10Cl2FNO2.C8H7Cl2NO2.C6H5Cl2N/c1-23(22(28)29-2,14-30-13-15-6-4-3-5-7-15)17-11-20(27-21(25)12-17)16-8-9-19(26)18(24)10-16;1-22(13-27,14-28-12-15-5-3-2-4-6-15)17-10-20(26-21(24)11-17)16-7-8-19(25)18(23)9-16;1-8(15(20)21-2)10-6-13(19-14(17)7-10)9-3-4-12(18)11(16)5-9;1-20-14(19)6-8-4-12(18-13(16)5-8)9-2-3-11(17)10(15)7-9;1-13-8(12)4-5-2-6(9)11-7(10)3-5;1-4-2-5(7)9-6(8)3-4/h3-12H,13-14H2,1-2H3;2-11,27H,12-14H2,1H3;3-8H,1-2H3;2-5,7H,6H2,1H3;2-3H,4H2,1H3;2-3H,1H3. The molecule has 12 rings (SSSR count). The second kappa shape index (κ2) is 48.3. The molecule has 3 unspecified atom stereocenters. The number of carbonyl (C=O) groups is 4. The zero-order valence-electron chi connectivity index (χ0n) is 65.4. The summed E-state index contributed by atoms with van der Waals surface area (Å²) in [6.45, 7) is 8.25. The Morgan fingerprint density at radius 3 is 1.09 bits per heavy atom. The summed E-state index contributed by atoms with van der Waals surface area (Å²) in [7, 11) is 5.28. The maximum absolute atomic E-state index is 13.5. The Balaban J connectivity index is 0.000000207. The molecule has 6 aromatic carbocycles. The summed E-state index contributed by atoms with van der Waals surface area (Å²) in [6.07, 6.45) is 0.235. The molecule has 6 heterocycles. The third-order valence-corrected chi connectivity index (χ3v) is 20.1. The van der Waals surface area contributed by atoms with E-state index in [2.05, 4.69) is 39.4 Å². The average molecular weight is 1890 g/mol. The molecule has 0 amide bonds. The van der Waals surface area contributed by atoms with Crippen molar-refractivity contribution in [2.24, 2.45) is 0 Å². The van der Waals surface area contributed by atoms with Crippen molar-refractivity contribution in [3.63, 3.8) is 0 Å². The first kappa shape index (κ1) is 99.3. The van der Waals surface area contributed by atoms with Crippen LogP contribution >= 0.6 is 139 Å². The fraction of sp³-hybridized carbons (Fsp3) is 0.205. The highest BCUT2D eigenvalue weighted by atomic mass is 35.5. The number of nitrogens with zero attached hydrogens (tertiary/aromatic N) is 6. The molecule has 121 heavy (non-hydrogen) atoms. The van der Waals surface area contributed by atoms with E-state index in [0.29, 0.717) is 97.4 Å². The van der Waals surface area contributed by atoms with Crippen LogP contribution in [-0.2, 0) is 84.5 Å². The molecular formula is C88H74Cl12F4N6O11. The van der Waals surface area contributed by atoms with Gasteiger partial charge in [-0.3, -0.25) is 19.2 Å². The monoisotopic (exact) mass is 1890 g/mol. The molecule has 1 N–H and O–H groups in total. The SMILES string of the molecule is CC(CO)(COCc1ccccc1)c1cc(Cl)nc(-c2ccc(F)c(Cl)c2)c1.COC(=O)C(C)(COCc1ccccc1)c1cc(Cl)nc(-c2ccc(F)c(Cl)c2)c1.COC(=O)C(C)c1cc(Cl)nc(-c2ccc(F)c(Cl)c2)c1.COC(=O)Cc1cc(Cl)nc(-c2ccc(F)c(Cl)c2)c1.COC(=O)Cc1cc(Cl)nc(Cl)c1.Cc1cc(Cl)nc(Cl)c1. The molecule has 6 aromatic heterocycles. The lowest BCUT2D eigenvalue weighted by Gasteiger charge is -2.28. The van der Waals surface area contributed by atoms with Gasteiger partial charge in [0.25, 0.3) is 0 Å². The minimum absolute atomic E-state index is 0.00112. The van der Waals surface area contributed by atoms with E-state index < -0.39 is 46.0 Å². The van der Waals surface area contributed by atoms with Crippen molar-refractivity contribution in [1.82, 2.24) is 29.9 Å². The highest BCUT2D eigenvalue weighted by molar-refractivity contribution is 6.34. The molecule has 3 atom stereocenters. The van der Waals surface area contributed by atoms with Gasteiger partial charge >= 0.3 is 23.9 Å². The van der Waals surface area contributed by atoms with Gasteiger partial charge in [-0.1, -0.05) is 207 Å². The van der Waals surface area contributed by atoms with Gasteiger partial charge in [-0.05, 0) is 211 Å². The molecule has 0 saturated carbocycles. The molecule has 0 aliphatic carbocycles. The molecule has 12 aromatic rings. The minimum atomic E-state index is -1.13. The second-order valence-electron chi connectivity index (χ2n) is 26.6. The maximum Gasteiger partial charge on any atom is 0.318 e. The van der Waals surface area contributed by atoms with Crippen LogP contribution in [0.5, 0.6) is 0 Å². The number of benzene rings is 6. The molecule has 0 saturated heterocycles. The minimum Gasteiger partial charge on any atom is -0.469 e. The van der Waals surface area contributed by atoms with E-state index in [1.807, 2.05) is 80.6 Å². The van der Waals surface area contributed by atoms with E-state index in [0.717, 1.165) is 22.3 Å². The first-order valence-corrected chi connectivity index (χ1v) is 40.3. The summed E-state index contributed by atoms with van der Waals surface area (Å²) in [5, 5.41) is 12.4. The lowest BCUT2D eigenvalue weighted by Crippen LogP contribution is -2.38. The van der Waals surface area contributed by atoms with Crippen molar-refractivity contribution in [3.05, 3.63) is 335 Å². The smallest absolute Gasteiger partial charge is 0.318 e. The molecule has 0 aliphatic rings. The second-order valence-corrected chi connectivity index (χ2v) is 31.3. The quantitative estimate of drug-likeness (QED) is 0.0288. The number of pyridine rings is 6. The molecule has 0 spiro atoms. The Hall–Kier alpha value is -8.82. The number of esters is 4. The van der Waals surface area contributed by atoms with Crippen molar-refractivity contribution < 1.29 is 70.3 Å². The molecule has 634 valence electrons. The Bertz CT molecular complexity index is 5500. The van der Waals surface area contributed by atoms with Crippen molar-refractivity contribution in [2.75, 3.05) is 48.3 Å². The van der Waals surface area contributed by atoms with Gasteiger partial charge in [0, 0.05) is 27.7 Å². The van der Waals surface area contributed by atoms with Gasteiger partial charge in [0.05, 0.1) is 123 Å². The predicted octanol–water partition coefficient (Wildman–Crippen LogP) is 24.7. The Morgan fingerprint density at radius 1 is 0.380 bits per heavy atom. The highest BCUT2D eigenvalue weighted by Crippen LogP contribution is 2.37. The van der Waals surface area contributed by atoms with E-state index in [4.69, 9.17) is 158 Å². The zero-order valence-corrected chi connectivity index (χ0v) is 74.5. The largest absolute Gasteiger partial charge is 0.469 e. The van der Waals surface area contributed by atoms with Crippen LogP contribution < -0.4 is 0 Å². The van der Waals surface area contributed by atoms with Crippen LogP contribution in [0.15, 0.2) is 206 Å². The van der Waals surface area contributed by atoms with Gasteiger partial charge in [-0.2, -0.15) is 0 Å². The van der Waals surface area contributed by atoms with Crippen LogP contribution in [0, 0.1) is 30.2 Å². The number of carbonyl (C=O) groups excluding carboxylic acids is 4. The number of aryl methyl sites for hydroxylation is 1. The number of aliphatic hydroxyl groups excluding tert-OH is 1. The number of halogens is 16. The Labute approximate surface area is 756 Å². The number of rotatable bonds is 22. The van der Waals surface area contributed by atoms with Crippen LogP contribution in [0.1, 0.15) is 71.2 Å². The van der Waals surface area contributed by atoms with E-state index >= 15 is 0 Å². The summed E-state index contributed by atoms with van der Waals surface area (Å²) < 4.78 is 83.9. The van der Waals surface area contributed by atoms with Gasteiger partial charge in [-0.15, -0.1) is 0 Å². The zero-order chi connectivity index (χ0) is 88.8. The van der Waals surface area contributed by atoms with Crippen molar-refractivity contribution >= 4 is 163 Å². The van der Waals surface area contributed by atoms with Gasteiger partial charge in [0.15, 0.2) is 0 Å². The number of aliphatic hydroxyl groups is 1. The molecule has 0 fully saturated rings. The number of aromatic nitrogens is 6. The van der Waals surface area contributed by atoms with Crippen LogP contribution in [0.25, 0.3) is 45.0 Å². The molecule has 33 heteroatoms. The molecule has 0 radical (unpaired) electrons. The number of hydrogen-bond acceptors (Lipinski definition) is 17. The van der Waals surface area contributed by atoms with Crippen LogP contribution in [0.2, 0.25) is 61.3 Å². The third-order valence-electron chi connectivity index (χ3n) is 17.4. The van der Waals surface area contributed by atoms with Crippen molar-refractivity contribution in [1.29, 1.82) is 0 Å². The fourth-order valence-corrected chi connectivity index (χ4v) is 13.6. The number of ether oxygens (including phenoxy) is 6. The van der Waals surface area contributed by atoms with E-state index in [9.17, 15) is 41.8 Å². The first-order valence-electron chi connectivity index (χ1n) is 35.7. The summed E-state index contributed by atoms with van der Waals surface area (Å²) >= 11 is 70.1. The summed E-state index contributed by atoms with van der Waals surface area (Å²) in [4.78, 5) is 70.9.